The van der Waals surface area contributed by atoms with Gasteiger partial charge in [-0.05, 0) is 24.5 Å². The van der Waals surface area contributed by atoms with Crippen LogP contribution < -0.4 is 0 Å². The van der Waals surface area contributed by atoms with Crippen LogP contribution in [0, 0.1) is 5.92 Å². The summed E-state index contributed by atoms with van der Waals surface area (Å²) in [4.78, 5) is 13.0. The maximum absolute atomic E-state index is 10.9. The number of nitrogens with zero attached hydrogens (tertiary/aromatic N) is 1. The molecule has 4 heteroatoms. The van der Waals surface area contributed by atoms with Gasteiger partial charge in [0.05, 0.1) is 6.54 Å². The lowest BCUT2D eigenvalue weighted by molar-refractivity contribution is -0.139. The van der Waals surface area contributed by atoms with Crippen LogP contribution in [0.4, 0.5) is 0 Å². The van der Waals surface area contributed by atoms with Crippen molar-refractivity contribution < 1.29 is 9.90 Å². The van der Waals surface area contributed by atoms with Crippen molar-refractivity contribution in [3.05, 3.63) is 0 Å². The molecule has 0 aromatic carbocycles. The standard InChI is InChI=1S/C12H23NO2S/c1-9(2)7-13(8-12(14)15)11-5-4-6-16-10(11)3/h9-11H,4-8H2,1-3H3,(H,14,15). The number of carboxylic acids is 1. The summed E-state index contributed by atoms with van der Waals surface area (Å²) in [6.07, 6.45) is 2.36. The van der Waals surface area contributed by atoms with Crippen LogP contribution >= 0.6 is 11.8 Å². The molecule has 0 aliphatic carbocycles. The second-order valence-electron chi connectivity index (χ2n) is 5.00. The van der Waals surface area contributed by atoms with E-state index in [0.29, 0.717) is 17.2 Å². The SMILES string of the molecule is CC(C)CN(CC(=O)O)C1CCCSC1C. The number of hydrogen-bond acceptors (Lipinski definition) is 3. The van der Waals surface area contributed by atoms with E-state index in [-0.39, 0.29) is 6.54 Å². The first kappa shape index (κ1) is 13.8. The van der Waals surface area contributed by atoms with Gasteiger partial charge in [0.25, 0.3) is 0 Å². The van der Waals surface area contributed by atoms with Crippen molar-refractivity contribution in [1.82, 2.24) is 4.90 Å². The molecule has 0 bridgehead atoms. The Hall–Kier alpha value is -0.220. The summed E-state index contributed by atoms with van der Waals surface area (Å²) in [6.45, 7) is 7.60. The van der Waals surface area contributed by atoms with Gasteiger partial charge in [0, 0.05) is 17.8 Å². The van der Waals surface area contributed by atoms with Gasteiger partial charge >= 0.3 is 5.97 Å². The van der Waals surface area contributed by atoms with Crippen molar-refractivity contribution in [3.63, 3.8) is 0 Å². The van der Waals surface area contributed by atoms with E-state index in [0.717, 1.165) is 13.0 Å². The second-order valence-corrected chi connectivity index (χ2v) is 6.49. The highest BCUT2D eigenvalue weighted by molar-refractivity contribution is 7.99. The van der Waals surface area contributed by atoms with E-state index < -0.39 is 5.97 Å². The van der Waals surface area contributed by atoms with Crippen molar-refractivity contribution in [2.45, 2.75) is 44.9 Å². The fourth-order valence-corrected chi connectivity index (χ4v) is 3.58. The molecule has 1 aliphatic rings. The fraction of sp³-hybridized carbons (Fsp3) is 0.917. The molecule has 0 spiro atoms. The minimum Gasteiger partial charge on any atom is -0.480 e. The zero-order chi connectivity index (χ0) is 12.1. The molecule has 0 saturated carbocycles. The molecule has 16 heavy (non-hydrogen) atoms. The van der Waals surface area contributed by atoms with Gasteiger partial charge in [-0.3, -0.25) is 9.69 Å². The molecule has 1 fully saturated rings. The van der Waals surface area contributed by atoms with Crippen molar-refractivity contribution in [3.8, 4) is 0 Å². The van der Waals surface area contributed by atoms with Crippen LogP contribution in [0.3, 0.4) is 0 Å². The molecule has 0 radical (unpaired) electrons. The molecule has 3 nitrogen and oxygen atoms in total. The number of carbonyl (C=O) groups is 1. The summed E-state index contributed by atoms with van der Waals surface area (Å²) in [6, 6.07) is 0.442. The number of thioether (sulfide) groups is 1. The fourth-order valence-electron chi connectivity index (χ4n) is 2.35. The third-order valence-corrected chi connectivity index (χ3v) is 4.34. The molecule has 1 heterocycles. The summed E-state index contributed by atoms with van der Waals surface area (Å²) in [5.41, 5.74) is 0. The smallest absolute Gasteiger partial charge is 0.317 e. The number of aliphatic carboxylic acids is 1. The number of rotatable bonds is 5. The van der Waals surface area contributed by atoms with Crippen LogP contribution in [-0.4, -0.2) is 46.1 Å². The molecular formula is C12H23NO2S. The van der Waals surface area contributed by atoms with Crippen LogP contribution in [0.15, 0.2) is 0 Å². The zero-order valence-corrected chi connectivity index (χ0v) is 11.3. The van der Waals surface area contributed by atoms with Gasteiger partial charge in [-0.2, -0.15) is 11.8 Å². The largest absolute Gasteiger partial charge is 0.480 e. The first-order chi connectivity index (χ1) is 7.50. The highest BCUT2D eigenvalue weighted by atomic mass is 32.2. The Morgan fingerprint density at radius 3 is 2.75 bits per heavy atom. The summed E-state index contributed by atoms with van der Waals surface area (Å²) >= 11 is 1.97. The summed E-state index contributed by atoms with van der Waals surface area (Å²) in [5, 5.41) is 9.53. The van der Waals surface area contributed by atoms with Gasteiger partial charge < -0.3 is 5.11 Å². The first-order valence-corrected chi connectivity index (χ1v) is 7.13. The van der Waals surface area contributed by atoms with E-state index in [4.69, 9.17) is 5.11 Å². The molecule has 2 atom stereocenters. The highest BCUT2D eigenvalue weighted by Crippen LogP contribution is 2.29. The topological polar surface area (TPSA) is 40.5 Å². The van der Waals surface area contributed by atoms with Crippen LogP contribution in [0.2, 0.25) is 0 Å². The third-order valence-electron chi connectivity index (χ3n) is 2.97. The maximum atomic E-state index is 10.9. The van der Waals surface area contributed by atoms with E-state index in [1.165, 1.54) is 12.2 Å². The van der Waals surface area contributed by atoms with Crippen LogP contribution in [-0.2, 0) is 4.79 Å². The zero-order valence-electron chi connectivity index (χ0n) is 10.5. The van der Waals surface area contributed by atoms with Crippen molar-refractivity contribution >= 4 is 17.7 Å². The van der Waals surface area contributed by atoms with Gasteiger partial charge in [-0.15, -0.1) is 0 Å². The Labute approximate surface area is 103 Å². The molecule has 0 aromatic rings. The lowest BCUT2D eigenvalue weighted by Gasteiger charge is -2.38. The van der Waals surface area contributed by atoms with Gasteiger partial charge in [0.1, 0.15) is 0 Å². The Morgan fingerprint density at radius 2 is 2.25 bits per heavy atom. The van der Waals surface area contributed by atoms with Gasteiger partial charge in [0.15, 0.2) is 0 Å². The number of carboxylic acid groups (broad SMARTS) is 1. The van der Waals surface area contributed by atoms with E-state index in [9.17, 15) is 4.79 Å². The van der Waals surface area contributed by atoms with Crippen molar-refractivity contribution in [1.29, 1.82) is 0 Å². The maximum Gasteiger partial charge on any atom is 0.317 e. The predicted molar refractivity (Wildman–Crippen MR) is 69.0 cm³/mol. The van der Waals surface area contributed by atoms with Crippen molar-refractivity contribution in [2.75, 3.05) is 18.8 Å². The quantitative estimate of drug-likeness (QED) is 0.807. The molecule has 0 amide bonds. The normalized spacial score (nSPS) is 26.3. The highest BCUT2D eigenvalue weighted by Gasteiger charge is 2.29. The van der Waals surface area contributed by atoms with Crippen molar-refractivity contribution in [2.24, 2.45) is 5.92 Å². The molecular weight excluding hydrogens is 222 g/mol. The van der Waals surface area contributed by atoms with E-state index in [2.05, 4.69) is 25.7 Å². The molecule has 2 unspecified atom stereocenters. The predicted octanol–water partition coefficient (Wildman–Crippen LogP) is 2.31. The molecule has 94 valence electrons. The van der Waals surface area contributed by atoms with Gasteiger partial charge in [-0.25, -0.2) is 0 Å². The lowest BCUT2D eigenvalue weighted by Crippen LogP contribution is -2.47. The minimum atomic E-state index is -0.705. The van der Waals surface area contributed by atoms with Crippen LogP contribution in [0.25, 0.3) is 0 Å². The lowest BCUT2D eigenvalue weighted by atomic mass is 10.0. The summed E-state index contributed by atoms with van der Waals surface area (Å²) in [7, 11) is 0. The second kappa shape index (κ2) is 6.50. The Kier molecular flexibility index (Phi) is 5.62. The Bertz CT molecular complexity index is 233. The average molecular weight is 245 g/mol. The average Bonchev–Trinajstić information content (AvgIpc) is 2.15. The Balaban J connectivity index is 2.61. The number of hydrogen-bond donors (Lipinski definition) is 1. The van der Waals surface area contributed by atoms with E-state index in [1.807, 2.05) is 11.8 Å². The van der Waals surface area contributed by atoms with Crippen LogP contribution in [0.5, 0.6) is 0 Å². The monoisotopic (exact) mass is 245 g/mol. The summed E-state index contributed by atoms with van der Waals surface area (Å²) in [5.74, 6) is 1.04. The van der Waals surface area contributed by atoms with E-state index in [1.54, 1.807) is 0 Å². The van der Waals surface area contributed by atoms with Gasteiger partial charge in [-0.1, -0.05) is 20.8 Å². The molecule has 1 N–H and O–H groups in total. The molecule has 0 aromatic heterocycles. The molecule has 1 rings (SSSR count). The third kappa shape index (κ3) is 4.34. The summed E-state index contributed by atoms with van der Waals surface area (Å²) < 4.78 is 0. The molecule has 1 saturated heterocycles. The van der Waals surface area contributed by atoms with Gasteiger partial charge in [0.2, 0.25) is 0 Å². The van der Waals surface area contributed by atoms with E-state index >= 15 is 0 Å². The minimum absolute atomic E-state index is 0.188. The Morgan fingerprint density at radius 1 is 1.56 bits per heavy atom. The van der Waals surface area contributed by atoms with Crippen LogP contribution in [0.1, 0.15) is 33.6 Å². The molecule has 1 aliphatic heterocycles. The first-order valence-electron chi connectivity index (χ1n) is 6.08.